The summed E-state index contributed by atoms with van der Waals surface area (Å²) < 4.78 is 0. The number of benzene rings is 1. The van der Waals surface area contributed by atoms with Crippen molar-refractivity contribution in [1.82, 2.24) is 5.32 Å². The number of primary amides is 1. The maximum atomic E-state index is 11.2. The van der Waals surface area contributed by atoms with Crippen molar-refractivity contribution in [3.63, 3.8) is 0 Å². The largest absolute Gasteiger partial charge is 0.371 e. The van der Waals surface area contributed by atoms with Crippen molar-refractivity contribution in [2.45, 2.75) is 38.3 Å². The van der Waals surface area contributed by atoms with E-state index in [2.05, 4.69) is 34.5 Å². The van der Waals surface area contributed by atoms with E-state index in [1.165, 1.54) is 24.1 Å². The van der Waals surface area contributed by atoms with Gasteiger partial charge in [0.2, 0.25) is 5.91 Å². The topological polar surface area (TPSA) is 58.4 Å². The van der Waals surface area contributed by atoms with Gasteiger partial charge in [0.25, 0.3) is 0 Å². The van der Waals surface area contributed by atoms with Crippen molar-refractivity contribution in [3.05, 3.63) is 29.8 Å². The predicted octanol–water partition coefficient (Wildman–Crippen LogP) is 1.64. The number of rotatable bonds is 5. The van der Waals surface area contributed by atoms with Gasteiger partial charge < -0.3 is 16.0 Å². The van der Waals surface area contributed by atoms with Crippen LogP contribution in [-0.4, -0.2) is 25.0 Å². The molecule has 1 saturated heterocycles. The summed E-state index contributed by atoms with van der Waals surface area (Å²) in [6, 6.07) is 9.53. The van der Waals surface area contributed by atoms with E-state index in [1.54, 1.807) is 0 Å². The zero-order chi connectivity index (χ0) is 13.9. The van der Waals surface area contributed by atoms with E-state index in [0.29, 0.717) is 0 Å². The van der Waals surface area contributed by atoms with Gasteiger partial charge in [-0.3, -0.25) is 4.79 Å². The second-order valence-corrected chi connectivity index (χ2v) is 5.99. The normalized spacial score (nSPS) is 20.1. The first-order valence-electron chi connectivity index (χ1n) is 7.59. The van der Waals surface area contributed by atoms with Crippen LogP contribution in [0.15, 0.2) is 24.3 Å². The summed E-state index contributed by atoms with van der Waals surface area (Å²) in [5.41, 5.74) is 7.96. The minimum atomic E-state index is -0.147. The Morgan fingerprint density at radius 1 is 1.15 bits per heavy atom. The zero-order valence-corrected chi connectivity index (χ0v) is 11.8. The monoisotopic (exact) mass is 273 g/mol. The standard InChI is InChI=1S/C16H23N3O/c17-16(20)13-7-9-19(10-8-13)15-5-1-12(2-6-15)11-18-14-3-4-14/h1-2,5-6,13-14,18H,3-4,7-11H2,(H2,17,20). The van der Waals surface area contributed by atoms with E-state index in [1.807, 2.05) is 0 Å². The van der Waals surface area contributed by atoms with Crippen molar-refractivity contribution in [3.8, 4) is 0 Å². The molecule has 0 spiro atoms. The highest BCUT2D eigenvalue weighted by Gasteiger charge is 2.23. The van der Waals surface area contributed by atoms with Gasteiger partial charge in [-0.25, -0.2) is 0 Å². The zero-order valence-electron chi connectivity index (χ0n) is 11.8. The number of carbonyl (C=O) groups is 1. The van der Waals surface area contributed by atoms with E-state index in [4.69, 9.17) is 5.73 Å². The number of nitrogens with one attached hydrogen (secondary N) is 1. The van der Waals surface area contributed by atoms with Gasteiger partial charge in [-0.1, -0.05) is 12.1 Å². The number of anilines is 1. The molecule has 1 heterocycles. The second kappa shape index (κ2) is 5.83. The van der Waals surface area contributed by atoms with Gasteiger partial charge in [0, 0.05) is 37.3 Å². The van der Waals surface area contributed by atoms with Gasteiger partial charge >= 0.3 is 0 Å². The molecular formula is C16H23N3O. The third kappa shape index (κ3) is 3.31. The van der Waals surface area contributed by atoms with Crippen molar-refractivity contribution >= 4 is 11.6 Å². The van der Waals surface area contributed by atoms with Crippen LogP contribution in [0.1, 0.15) is 31.2 Å². The Morgan fingerprint density at radius 2 is 1.80 bits per heavy atom. The van der Waals surface area contributed by atoms with E-state index in [0.717, 1.165) is 38.5 Å². The van der Waals surface area contributed by atoms with Crippen molar-refractivity contribution < 1.29 is 4.79 Å². The third-order valence-electron chi connectivity index (χ3n) is 4.37. The van der Waals surface area contributed by atoms with Crippen LogP contribution in [0.3, 0.4) is 0 Å². The first-order valence-corrected chi connectivity index (χ1v) is 7.59. The molecule has 1 aromatic rings. The van der Waals surface area contributed by atoms with Crippen LogP contribution in [0.5, 0.6) is 0 Å². The number of carbonyl (C=O) groups excluding carboxylic acids is 1. The molecule has 4 heteroatoms. The Labute approximate surface area is 120 Å². The lowest BCUT2D eigenvalue weighted by Gasteiger charge is -2.32. The molecular weight excluding hydrogens is 250 g/mol. The SMILES string of the molecule is NC(=O)C1CCN(c2ccc(CNC3CC3)cc2)CC1. The molecule has 1 aliphatic carbocycles. The van der Waals surface area contributed by atoms with E-state index in [-0.39, 0.29) is 11.8 Å². The number of piperidine rings is 1. The molecule has 2 fully saturated rings. The summed E-state index contributed by atoms with van der Waals surface area (Å²) in [7, 11) is 0. The molecule has 1 aromatic carbocycles. The summed E-state index contributed by atoms with van der Waals surface area (Å²) in [6.45, 7) is 2.81. The molecule has 0 radical (unpaired) electrons. The summed E-state index contributed by atoms with van der Waals surface area (Å²) in [5.74, 6) is -0.0839. The van der Waals surface area contributed by atoms with Crippen LogP contribution in [0.25, 0.3) is 0 Å². The van der Waals surface area contributed by atoms with Crippen LogP contribution < -0.4 is 16.0 Å². The van der Waals surface area contributed by atoms with Crippen LogP contribution in [0.4, 0.5) is 5.69 Å². The van der Waals surface area contributed by atoms with E-state index in [9.17, 15) is 4.79 Å². The second-order valence-electron chi connectivity index (χ2n) is 5.99. The maximum Gasteiger partial charge on any atom is 0.220 e. The quantitative estimate of drug-likeness (QED) is 0.857. The van der Waals surface area contributed by atoms with Crippen LogP contribution in [0, 0.1) is 5.92 Å². The molecule has 1 amide bonds. The van der Waals surface area contributed by atoms with Gasteiger partial charge in [-0.15, -0.1) is 0 Å². The molecule has 3 rings (SSSR count). The van der Waals surface area contributed by atoms with Crippen molar-refractivity contribution in [1.29, 1.82) is 0 Å². The number of hydrogen-bond acceptors (Lipinski definition) is 3. The average molecular weight is 273 g/mol. The Bertz CT molecular complexity index is 459. The molecule has 1 aliphatic heterocycles. The Morgan fingerprint density at radius 3 is 2.35 bits per heavy atom. The first kappa shape index (κ1) is 13.4. The predicted molar refractivity (Wildman–Crippen MR) is 80.4 cm³/mol. The number of amides is 1. The minimum absolute atomic E-state index is 0.0632. The number of nitrogens with zero attached hydrogens (tertiary/aromatic N) is 1. The Hall–Kier alpha value is -1.55. The lowest BCUT2D eigenvalue weighted by Crippen LogP contribution is -2.38. The van der Waals surface area contributed by atoms with Crippen LogP contribution in [-0.2, 0) is 11.3 Å². The van der Waals surface area contributed by atoms with Crippen LogP contribution in [0.2, 0.25) is 0 Å². The molecule has 0 unspecified atom stereocenters. The molecule has 4 nitrogen and oxygen atoms in total. The average Bonchev–Trinajstić information content (AvgIpc) is 3.30. The first-order chi connectivity index (χ1) is 9.72. The summed E-state index contributed by atoms with van der Waals surface area (Å²) in [4.78, 5) is 13.5. The van der Waals surface area contributed by atoms with Gasteiger partial charge in [0.15, 0.2) is 0 Å². The molecule has 20 heavy (non-hydrogen) atoms. The smallest absolute Gasteiger partial charge is 0.220 e. The van der Waals surface area contributed by atoms with Gasteiger partial charge in [0.1, 0.15) is 0 Å². The van der Waals surface area contributed by atoms with Gasteiger partial charge in [-0.2, -0.15) is 0 Å². The summed E-state index contributed by atoms with van der Waals surface area (Å²) in [6.07, 6.45) is 4.40. The van der Waals surface area contributed by atoms with Crippen LogP contribution >= 0.6 is 0 Å². The third-order valence-corrected chi connectivity index (χ3v) is 4.37. The summed E-state index contributed by atoms with van der Waals surface area (Å²) >= 11 is 0. The molecule has 1 saturated carbocycles. The lowest BCUT2D eigenvalue weighted by atomic mass is 9.96. The molecule has 0 atom stereocenters. The highest BCUT2D eigenvalue weighted by molar-refractivity contribution is 5.77. The minimum Gasteiger partial charge on any atom is -0.371 e. The number of hydrogen-bond donors (Lipinski definition) is 2. The molecule has 108 valence electrons. The highest BCUT2D eigenvalue weighted by Crippen LogP contribution is 2.24. The molecule has 0 aromatic heterocycles. The van der Waals surface area contributed by atoms with E-state index < -0.39 is 0 Å². The van der Waals surface area contributed by atoms with Crippen molar-refractivity contribution in [2.75, 3.05) is 18.0 Å². The Balaban J connectivity index is 1.53. The fraction of sp³-hybridized carbons (Fsp3) is 0.562. The Kier molecular flexibility index (Phi) is 3.92. The summed E-state index contributed by atoms with van der Waals surface area (Å²) in [5, 5.41) is 3.53. The van der Waals surface area contributed by atoms with Crippen molar-refractivity contribution in [2.24, 2.45) is 11.7 Å². The van der Waals surface area contributed by atoms with E-state index >= 15 is 0 Å². The lowest BCUT2D eigenvalue weighted by molar-refractivity contribution is -0.122. The maximum absolute atomic E-state index is 11.2. The van der Waals surface area contributed by atoms with Gasteiger partial charge in [-0.05, 0) is 43.4 Å². The highest BCUT2D eigenvalue weighted by atomic mass is 16.1. The fourth-order valence-electron chi connectivity index (χ4n) is 2.80. The fourth-order valence-corrected chi connectivity index (χ4v) is 2.80. The number of nitrogens with two attached hydrogens (primary N) is 1. The molecule has 0 bridgehead atoms. The molecule has 2 aliphatic rings. The molecule has 3 N–H and O–H groups in total. The van der Waals surface area contributed by atoms with Gasteiger partial charge in [0.05, 0.1) is 0 Å².